The monoisotopic (exact) mass is 332 g/mol. The van der Waals surface area contributed by atoms with Gasteiger partial charge in [0.05, 0.1) is 19.7 Å². The van der Waals surface area contributed by atoms with E-state index >= 15 is 0 Å². The molecule has 0 bridgehead atoms. The zero-order valence-corrected chi connectivity index (χ0v) is 11.8. The minimum Gasteiger partial charge on any atom is -0.438 e. The molecule has 0 spiro atoms. The van der Waals surface area contributed by atoms with E-state index in [1.165, 1.54) is 0 Å². The first kappa shape index (κ1) is 17.3. The van der Waals surface area contributed by atoms with Crippen LogP contribution in [0.3, 0.4) is 0 Å². The molecular formula is C10H16N6O7. The van der Waals surface area contributed by atoms with Crippen molar-refractivity contribution in [1.82, 2.24) is 5.32 Å². The number of azide groups is 1. The number of hydrogen-bond donors (Lipinski definition) is 5. The quantitative estimate of drug-likeness (QED) is 0.210. The molecule has 23 heavy (non-hydrogen) atoms. The normalized spacial score (nSPS) is 34.3. The van der Waals surface area contributed by atoms with Gasteiger partial charge in [-0.05, 0) is 5.53 Å². The second-order valence-corrected chi connectivity index (χ2v) is 5.02. The SMILES string of the molecule is [N-]=[N+]=NCC1(CNC(=O)OC2[C@H](O)OC(CO)[C@@H](O)[C@@H]2O)N=N1. The van der Waals surface area contributed by atoms with E-state index in [4.69, 9.17) is 20.1 Å². The summed E-state index contributed by atoms with van der Waals surface area (Å²) in [5.41, 5.74) is 7.21. The Hall–Kier alpha value is -2.02. The van der Waals surface area contributed by atoms with Gasteiger partial charge >= 0.3 is 6.09 Å². The summed E-state index contributed by atoms with van der Waals surface area (Å²) >= 11 is 0. The molecular weight excluding hydrogens is 316 g/mol. The number of hydrogen-bond acceptors (Lipinski definition) is 10. The molecule has 0 radical (unpaired) electrons. The Bertz CT molecular complexity index is 518. The third kappa shape index (κ3) is 4.04. The Kier molecular flexibility index (Phi) is 5.30. The number of ether oxygens (including phenoxy) is 2. The van der Waals surface area contributed by atoms with Crippen LogP contribution in [0, 0.1) is 0 Å². The van der Waals surface area contributed by atoms with E-state index in [0.29, 0.717) is 0 Å². The van der Waals surface area contributed by atoms with Crippen LogP contribution in [0.15, 0.2) is 15.3 Å². The molecule has 1 amide bonds. The van der Waals surface area contributed by atoms with Gasteiger partial charge in [-0.15, -0.1) is 0 Å². The fraction of sp³-hybridized carbons (Fsp3) is 0.900. The van der Waals surface area contributed by atoms with Gasteiger partial charge in [0.15, 0.2) is 12.4 Å². The molecule has 0 aliphatic carbocycles. The third-order valence-electron chi connectivity index (χ3n) is 3.37. The maximum atomic E-state index is 11.7. The van der Waals surface area contributed by atoms with E-state index in [9.17, 15) is 20.1 Å². The largest absolute Gasteiger partial charge is 0.438 e. The first-order valence-corrected chi connectivity index (χ1v) is 6.62. The molecule has 0 aromatic heterocycles. The van der Waals surface area contributed by atoms with Crippen LogP contribution in [0.1, 0.15) is 0 Å². The smallest absolute Gasteiger partial charge is 0.407 e. The molecule has 2 heterocycles. The minimum absolute atomic E-state index is 0.0710. The van der Waals surface area contributed by atoms with Crippen molar-refractivity contribution in [2.24, 2.45) is 15.3 Å². The molecule has 0 aromatic rings. The summed E-state index contributed by atoms with van der Waals surface area (Å²) < 4.78 is 9.64. The van der Waals surface area contributed by atoms with E-state index in [1.54, 1.807) is 0 Å². The fourth-order valence-corrected chi connectivity index (χ4v) is 1.98. The first-order chi connectivity index (χ1) is 10.9. The van der Waals surface area contributed by atoms with Crippen molar-refractivity contribution in [3.63, 3.8) is 0 Å². The summed E-state index contributed by atoms with van der Waals surface area (Å²) in [6, 6.07) is 0. The van der Waals surface area contributed by atoms with Gasteiger partial charge in [0.25, 0.3) is 0 Å². The maximum Gasteiger partial charge on any atom is 0.407 e. The van der Waals surface area contributed by atoms with Crippen LogP contribution >= 0.6 is 0 Å². The van der Waals surface area contributed by atoms with Crippen LogP contribution in [0.5, 0.6) is 0 Å². The van der Waals surface area contributed by atoms with Crippen molar-refractivity contribution in [1.29, 1.82) is 0 Å². The lowest BCUT2D eigenvalue weighted by molar-refractivity contribution is -0.285. The molecule has 2 unspecified atom stereocenters. The Balaban J connectivity index is 1.84. The second-order valence-electron chi connectivity index (χ2n) is 5.02. The molecule has 13 nitrogen and oxygen atoms in total. The average Bonchev–Trinajstić information content (AvgIpc) is 3.31. The number of alkyl carbamates (subject to hydrolysis) is 1. The van der Waals surface area contributed by atoms with E-state index in [2.05, 4.69) is 25.6 Å². The predicted octanol–water partition coefficient (Wildman–Crippen LogP) is -2.02. The number of amides is 1. The van der Waals surface area contributed by atoms with Crippen molar-refractivity contribution >= 4 is 6.09 Å². The highest BCUT2D eigenvalue weighted by atomic mass is 16.7. The summed E-state index contributed by atoms with van der Waals surface area (Å²) in [6.07, 6.45) is -8.67. The van der Waals surface area contributed by atoms with E-state index in [-0.39, 0.29) is 13.1 Å². The lowest BCUT2D eigenvalue weighted by Gasteiger charge is -2.39. The van der Waals surface area contributed by atoms with Crippen LogP contribution in [0.2, 0.25) is 0 Å². The summed E-state index contributed by atoms with van der Waals surface area (Å²) in [5.74, 6) is 0. The van der Waals surface area contributed by atoms with Gasteiger partial charge < -0.3 is 35.2 Å². The van der Waals surface area contributed by atoms with Gasteiger partial charge in [0.2, 0.25) is 5.66 Å². The zero-order chi connectivity index (χ0) is 17.0. The third-order valence-corrected chi connectivity index (χ3v) is 3.37. The maximum absolute atomic E-state index is 11.7. The van der Waals surface area contributed by atoms with Gasteiger partial charge in [-0.3, -0.25) is 0 Å². The van der Waals surface area contributed by atoms with Crippen LogP contribution < -0.4 is 5.32 Å². The van der Waals surface area contributed by atoms with Crippen LogP contribution in [0.4, 0.5) is 4.79 Å². The Morgan fingerprint density at radius 2 is 2.09 bits per heavy atom. The van der Waals surface area contributed by atoms with Crippen molar-refractivity contribution < 1.29 is 34.7 Å². The number of carbonyl (C=O) groups is 1. The number of aliphatic hydroxyl groups is 4. The van der Waals surface area contributed by atoms with Crippen LogP contribution in [-0.4, -0.2) is 82.6 Å². The molecule has 0 saturated carbocycles. The predicted molar refractivity (Wildman–Crippen MR) is 69.9 cm³/mol. The van der Waals surface area contributed by atoms with E-state index in [0.717, 1.165) is 0 Å². The molecule has 2 aliphatic rings. The van der Waals surface area contributed by atoms with E-state index in [1.807, 2.05) is 0 Å². The summed E-state index contributed by atoms with van der Waals surface area (Å²) in [5, 5.41) is 51.0. The van der Waals surface area contributed by atoms with E-state index < -0.39 is 49.1 Å². The lowest BCUT2D eigenvalue weighted by atomic mass is 9.99. The Morgan fingerprint density at radius 1 is 1.39 bits per heavy atom. The van der Waals surface area contributed by atoms with Gasteiger partial charge in [0.1, 0.15) is 18.3 Å². The lowest BCUT2D eigenvalue weighted by Crippen LogP contribution is -2.60. The Labute approximate surface area is 129 Å². The molecule has 1 fully saturated rings. The fourth-order valence-electron chi connectivity index (χ4n) is 1.98. The molecule has 0 aromatic carbocycles. The molecule has 13 heteroatoms. The highest BCUT2D eigenvalue weighted by Gasteiger charge is 2.46. The molecule has 2 aliphatic heterocycles. The molecule has 128 valence electrons. The van der Waals surface area contributed by atoms with Crippen molar-refractivity contribution in [3.8, 4) is 0 Å². The highest BCUT2D eigenvalue weighted by Crippen LogP contribution is 2.27. The minimum atomic E-state index is -1.72. The number of nitrogens with zero attached hydrogens (tertiary/aromatic N) is 5. The standard InChI is InChI=1S/C10H16N6O7/c11-16-13-3-10(14-15-10)2-12-9(21)23-7-6(19)5(18)4(1-17)22-8(7)20/h4-8,17-20H,1-3H2,(H,12,21)/t4?,5-,6+,7?,8-/m1/s1. The van der Waals surface area contributed by atoms with Crippen molar-refractivity contribution in [3.05, 3.63) is 10.4 Å². The summed E-state index contributed by atoms with van der Waals surface area (Å²) in [6.45, 7) is -0.802. The molecule has 2 rings (SSSR count). The molecule has 1 saturated heterocycles. The summed E-state index contributed by atoms with van der Waals surface area (Å²) in [4.78, 5) is 14.2. The number of rotatable bonds is 6. The van der Waals surface area contributed by atoms with Crippen molar-refractivity contribution in [2.45, 2.75) is 36.4 Å². The van der Waals surface area contributed by atoms with Crippen LogP contribution in [-0.2, 0) is 9.47 Å². The van der Waals surface area contributed by atoms with Crippen LogP contribution in [0.25, 0.3) is 10.4 Å². The first-order valence-electron chi connectivity index (χ1n) is 6.62. The topological polar surface area (TPSA) is 202 Å². The number of aliphatic hydroxyl groups excluding tert-OH is 4. The van der Waals surface area contributed by atoms with Gasteiger partial charge in [0, 0.05) is 4.91 Å². The Morgan fingerprint density at radius 3 is 2.65 bits per heavy atom. The van der Waals surface area contributed by atoms with Crippen molar-refractivity contribution in [2.75, 3.05) is 19.7 Å². The number of nitrogens with one attached hydrogen (secondary N) is 1. The number of carbonyl (C=O) groups excluding carboxylic acids is 1. The zero-order valence-electron chi connectivity index (χ0n) is 11.8. The van der Waals surface area contributed by atoms with Gasteiger partial charge in [-0.25, -0.2) is 4.79 Å². The highest BCUT2D eigenvalue weighted by molar-refractivity contribution is 5.67. The van der Waals surface area contributed by atoms with Gasteiger partial charge in [-0.2, -0.15) is 10.2 Å². The molecule has 5 N–H and O–H groups in total. The second kappa shape index (κ2) is 7.04. The van der Waals surface area contributed by atoms with Gasteiger partial charge in [-0.1, -0.05) is 5.11 Å². The molecule has 5 atom stereocenters. The average molecular weight is 332 g/mol. The summed E-state index contributed by atoms with van der Waals surface area (Å²) in [7, 11) is 0.